The quantitative estimate of drug-likeness (QED) is 0.490. The Morgan fingerprint density at radius 3 is 2.50 bits per heavy atom. The van der Waals surface area contributed by atoms with Crippen molar-refractivity contribution in [3.63, 3.8) is 0 Å². The number of esters is 1. The number of fused-ring (bicyclic) bond motifs is 1. The van der Waals surface area contributed by atoms with Gasteiger partial charge in [0.2, 0.25) is 0 Å². The lowest BCUT2D eigenvalue weighted by Crippen LogP contribution is -2.58. The van der Waals surface area contributed by atoms with Gasteiger partial charge in [0.15, 0.2) is 0 Å². The molecule has 3 rings (SSSR count). The molecule has 1 amide bonds. The number of carboxylic acid groups (broad SMARTS) is 1. The van der Waals surface area contributed by atoms with E-state index in [2.05, 4.69) is 5.32 Å². The first-order valence-corrected chi connectivity index (χ1v) is 11.7. The van der Waals surface area contributed by atoms with Crippen molar-refractivity contribution in [1.29, 1.82) is 0 Å². The Kier molecular flexibility index (Phi) is 8.65. The summed E-state index contributed by atoms with van der Waals surface area (Å²) in [5.41, 5.74) is 2.96. The van der Waals surface area contributed by atoms with Crippen molar-refractivity contribution in [1.82, 2.24) is 10.3 Å². The molecule has 3 atom stereocenters. The van der Waals surface area contributed by atoms with Gasteiger partial charge < -0.3 is 9.84 Å². The number of para-hydroxylation sites is 1. The van der Waals surface area contributed by atoms with E-state index in [9.17, 15) is 19.5 Å². The summed E-state index contributed by atoms with van der Waals surface area (Å²) in [6, 6.07) is 15.9. The maximum atomic E-state index is 13.5. The number of nitrogens with zero attached hydrogens (tertiary/aromatic N) is 2. The molecule has 2 N–H and O–H groups in total. The molecule has 1 aliphatic heterocycles. The largest absolute Gasteiger partial charge is 0.480 e. The molecule has 8 heteroatoms. The minimum Gasteiger partial charge on any atom is -0.480 e. The van der Waals surface area contributed by atoms with Crippen LogP contribution < -0.4 is 10.3 Å². The van der Waals surface area contributed by atoms with E-state index < -0.39 is 36.5 Å². The Morgan fingerprint density at radius 1 is 1.15 bits per heavy atom. The second-order valence-electron chi connectivity index (χ2n) is 8.53. The number of hydrogen-bond acceptors (Lipinski definition) is 6. The van der Waals surface area contributed by atoms with Crippen LogP contribution in [0.15, 0.2) is 54.6 Å². The van der Waals surface area contributed by atoms with Gasteiger partial charge in [-0.3, -0.25) is 24.7 Å². The fourth-order valence-electron chi connectivity index (χ4n) is 4.37. The molecule has 0 saturated heterocycles. The number of amides is 1. The number of anilines is 1. The molecular weight excluding hydrogens is 434 g/mol. The van der Waals surface area contributed by atoms with Crippen molar-refractivity contribution in [2.45, 2.75) is 58.2 Å². The van der Waals surface area contributed by atoms with Crippen LogP contribution in [0.1, 0.15) is 38.3 Å². The van der Waals surface area contributed by atoms with E-state index in [0.29, 0.717) is 19.3 Å². The molecule has 2 unspecified atom stereocenters. The van der Waals surface area contributed by atoms with Crippen LogP contribution in [0.25, 0.3) is 0 Å². The van der Waals surface area contributed by atoms with Gasteiger partial charge >= 0.3 is 11.9 Å². The Hall–Kier alpha value is -3.39. The van der Waals surface area contributed by atoms with Gasteiger partial charge in [0, 0.05) is 0 Å². The topological polar surface area (TPSA) is 99.2 Å². The molecule has 182 valence electrons. The summed E-state index contributed by atoms with van der Waals surface area (Å²) >= 11 is 0. The van der Waals surface area contributed by atoms with Crippen molar-refractivity contribution < 1.29 is 24.2 Å². The van der Waals surface area contributed by atoms with Gasteiger partial charge in [-0.2, -0.15) is 0 Å². The molecule has 0 fully saturated rings. The smallest absolute Gasteiger partial charge is 0.325 e. The van der Waals surface area contributed by atoms with Crippen LogP contribution in [0.3, 0.4) is 0 Å². The van der Waals surface area contributed by atoms with E-state index in [1.807, 2.05) is 61.5 Å². The number of carboxylic acids is 1. The molecule has 0 bridgehead atoms. The van der Waals surface area contributed by atoms with E-state index >= 15 is 0 Å². The number of ether oxygens (including phenoxy) is 1. The van der Waals surface area contributed by atoms with E-state index in [0.717, 1.165) is 16.8 Å². The van der Waals surface area contributed by atoms with Crippen LogP contribution in [0.5, 0.6) is 0 Å². The normalized spacial score (nSPS) is 16.4. The zero-order chi connectivity index (χ0) is 24.7. The first kappa shape index (κ1) is 25.2. The molecule has 1 heterocycles. The SMILES string of the molecule is CCOC(=O)C(CCc1ccccc1)N[C@@H](C)C(=O)N(CC(=O)O)N1c2ccccc2CC1C. The standard InChI is InChI=1S/C26H33N3O5/c1-4-34-26(33)22(15-14-20-10-6-5-7-11-20)27-19(3)25(32)28(17-24(30)31)29-18(2)16-21-12-8-9-13-23(21)29/h5-13,18-19,22,27H,4,14-17H2,1-3H3,(H,30,31)/t18?,19-,22?/m0/s1. The molecule has 2 aromatic rings. The molecule has 0 aromatic heterocycles. The summed E-state index contributed by atoms with van der Waals surface area (Å²) in [5, 5.41) is 15.7. The summed E-state index contributed by atoms with van der Waals surface area (Å²) in [5.74, 6) is -1.95. The van der Waals surface area contributed by atoms with Gasteiger partial charge in [-0.15, -0.1) is 0 Å². The third kappa shape index (κ3) is 6.14. The van der Waals surface area contributed by atoms with E-state index in [-0.39, 0.29) is 12.6 Å². The van der Waals surface area contributed by atoms with Crippen molar-refractivity contribution in [3.05, 3.63) is 65.7 Å². The van der Waals surface area contributed by atoms with Crippen LogP contribution in [-0.2, 0) is 32.0 Å². The summed E-state index contributed by atoms with van der Waals surface area (Å²) < 4.78 is 5.23. The Bertz CT molecular complexity index is 997. The highest BCUT2D eigenvalue weighted by Gasteiger charge is 2.37. The number of aryl methyl sites for hydroxylation is 1. The Morgan fingerprint density at radius 2 is 1.82 bits per heavy atom. The van der Waals surface area contributed by atoms with E-state index in [1.54, 1.807) is 18.9 Å². The molecule has 0 saturated carbocycles. The number of rotatable bonds is 11. The van der Waals surface area contributed by atoms with Gasteiger partial charge in [-0.05, 0) is 57.2 Å². The van der Waals surface area contributed by atoms with Gasteiger partial charge in [0.1, 0.15) is 12.6 Å². The zero-order valence-corrected chi connectivity index (χ0v) is 19.9. The van der Waals surface area contributed by atoms with Crippen molar-refractivity contribution in [2.75, 3.05) is 18.2 Å². The highest BCUT2D eigenvalue weighted by atomic mass is 16.5. The zero-order valence-electron chi connectivity index (χ0n) is 19.9. The van der Waals surface area contributed by atoms with Crippen LogP contribution in [0, 0.1) is 0 Å². The summed E-state index contributed by atoms with van der Waals surface area (Å²) in [7, 11) is 0. The average Bonchev–Trinajstić information content (AvgIpc) is 3.15. The number of benzene rings is 2. The number of hydrogen-bond donors (Lipinski definition) is 2. The summed E-state index contributed by atoms with van der Waals surface area (Å²) in [6.45, 7) is 5.11. The first-order chi connectivity index (χ1) is 16.3. The second kappa shape index (κ2) is 11.7. The maximum Gasteiger partial charge on any atom is 0.325 e. The third-order valence-electron chi connectivity index (χ3n) is 5.93. The maximum absolute atomic E-state index is 13.5. The van der Waals surface area contributed by atoms with Crippen molar-refractivity contribution >= 4 is 23.5 Å². The molecule has 0 aliphatic carbocycles. The van der Waals surface area contributed by atoms with Gasteiger partial charge in [0.25, 0.3) is 5.91 Å². The lowest BCUT2D eigenvalue weighted by molar-refractivity contribution is -0.148. The highest BCUT2D eigenvalue weighted by Crippen LogP contribution is 2.33. The number of hydrazine groups is 1. The van der Waals surface area contributed by atoms with E-state index in [1.165, 1.54) is 5.01 Å². The van der Waals surface area contributed by atoms with Crippen LogP contribution in [-0.4, -0.2) is 59.2 Å². The lowest BCUT2D eigenvalue weighted by atomic mass is 10.0. The monoisotopic (exact) mass is 467 g/mol. The minimum absolute atomic E-state index is 0.0770. The Labute approximate surface area is 200 Å². The fourth-order valence-corrected chi connectivity index (χ4v) is 4.37. The predicted octanol–water partition coefficient (Wildman–Crippen LogP) is 2.81. The van der Waals surface area contributed by atoms with Crippen molar-refractivity contribution in [3.8, 4) is 0 Å². The van der Waals surface area contributed by atoms with Crippen LogP contribution in [0.2, 0.25) is 0 Å². The number of aliphatic carboxylic acids is 1. The molecular formula is C26H33N3O5. The third-order valence-corrected chi connectivity index (χ3v) is 5.93. The van der Waals surface area contributed by atoms with Gasteiger partial charge in [-0.1, -0.05) is 48.5 Å². The van der Waals surface area contributed by atoms with Crippen molar-refractivity contribution in [2.24, 2.45) is 0 Å². The van der Waals surface area contributed by atoms with Crippen LogP contribution >= 0.6 is 0 Å². The fraction of sp³-hybridized carbons (Fsp3) is 0.423. The molecule has 8 nitrogen and oxygen atoms in total. The molecule has 0 radical (unpaired) electrons. The molecule has 1 aliphatic rings. The Balaban J connectivity index is 1.78. The second-order valence-corrected chi connectivity index (χ2v) is 8.53. The summed E-state index contributed by atoms with van der Waals surface area (Å²) in [4.78, 5) is 37.8. The molecule has 34 heavy (non-hydrogen) atoms. The van der Waals surface area contributed by atoms with Crippen LogP contribution in [0.4, 0.5) is 5.69 Å². The van der Waals surface area contributed by atoms with Gasteiger partial charge in [-0.25, -0.2) is 5.01 Å². The minimum atomic E-state index is -1.11. The first-order valence-electron chi connectivity index (χ1n) is 11.7. The molecule has 0 spiro atoms. The van der Waals surface area contributed by atoms with Gasteiger partial charge in [0.05, 0.1) is 24.4 Å². The average molecular weight is 468 g/mol. The summed E-state index contributed by atoms with van der Waals surface area (Å²) in [6.07, 6.45) is 1.79. The number of carbonyl (C=O) groups is 3. The number of carbonyl (C=O) groups excluding carboxylic acids is 2. The molecule has 2 aromatic carbocycles. The highest BCUT2D eigenvalue weighted by molar-refractivity contribution is 5.88. The predicted molar refractivity (Wildman–Crippen MR) is 129 cm³/mol. The number of nitrogens with one attached hydrogen (secondary N) is 1. The van der Waals surface area contributed by atoms with E-state index in [4.69, 9.17) is 4.74 Å². The lowest BCUT2D eigenvalue weighted by Gasteiger charge is -2.38.